The normalized spacial score (nSPS) is 23.1. The van der Waals surface area contributed by atoms with Crippen LogP contribution in [-0.2, 0) is 36.5 Å². The topological polar surface area (TPSA) is 81.5 Å². The molecule has 1 aliphatic heterocycles. The molecule has 8 nitrogen and oxygen atoms in total. The average Bonchev–Trinajstić information content (AvgIpc) is 3.52. The summed E-state index contributed by atoms with van der Waals surface area (Å²) in [7, 11) is 3.53. The van der Waals surface area contributed by atoms with Gasteiger partial charge in [0.1, 0.15) is 24.0 Å². The Labute approximate surface area is 255 Å². The molecule has 0 saturated heterocycles. The molecule has 0 spiro atoms. The number of nitrogens with zero attached hydrogens (tertiary/aromatic N) is 4. The molecule has 2 fully saturated rings. The molecule has 0 radical (unpaired) electrons. The van der Waals surface area contributed by atoms with Gasteiger partial charge in [0.2, 0.25) is 0 Å². The van der Waals surface area contributed by atoms with Crippen LogP contribution >= 0.6 is 0 Å². The standard InChI is InChI=1S/C33H38F3N5O3/c1-6-20(2)44-24-13-22(32(15-25(16-32)43-5)30-39-38-19-40(30)4)12-23(14-24)41-18-27-26(29(41)42)10-21(11-28(27)33(34,35)36)17-37-31(3)8-7-9-31/h6,10-14,19-20,25,37H,1,7-9,15-18H2,2-5H3. The second-order valence-corrected chi connectivity index (χ2v) is 12.7. The number of fused-ring (bicyclic) bond motifs is 1. The van der Waals surface area contributed by atoms with Crippen molar-refractivity contribution in [2.75, 3.05) is 12.0 Å². The second-order valence-electron chi connectivity index (χ2n) is 12.7. The number of anilines is 1. The van der Waals surface area contributed by atoms with Gasteiger partial charge in [-0.3, -0.25) is 4.79 Å². The van der Waals surface area contributed by atoms with Crippen molar-refractivity contribution in [3.05, 3.63) is 83.0 Å². The van der Waals surface area contributed by atoms with Gasteiger partial charge in [-0.05, 0) is 86.9 Å². The molecule has 6 rings (SSSR count). The van der Waals surface area contributed by atoms with Crippen LogP contribution in [0.5, 0.6) is 5.75 Å². The summed E-state index contributed by atoms with van der Waals surface area (Å²) >= 11 is 0. The number of hydrogen-bond donors (Lipinski definition) is 1. The molecule has 0 bridgehead atoms. The Balaban J connectivity index is 1.41. The lowest BCUT2D eigenvalue weighted by molar-refractivity contribution is -0.138. The number of aromatic nitrogens is 3. The Kier molecular flexibility index (Phi) is 7.60. The van der Waals surface area contributed by atoms with E-state index in [9.17, 15) is 18.0 Å². The molecular weight excluding hydrogens is 571 g/mol. The fourth-order valence-corrected chi connectivity index (χ4v) is 6.73. The van der Waals surface area contributed by atoms with Crippen molar-refractivity contribution in [2.24, 2.45) is 7.05 Å². The summed E-state index contributed by atoms with van der Waals surface area (Å²) < 4.78 is 56.9. The molecule has 2 heterocycles. The number of methoxy groups -OCH3 is 1. The van der Waals surface area contributed by atoms with E-state index in [0.29, 0.717) is 29.8 Å². The van der Waals surface area contributed by atoms with Crippen molar-refractivity contribution in [1.29, 1.82) is 0 Å². The van der Waals surface area contributed by atoms with Crippen LogP contribution in [0.15, 0.2) is 49.3 Å². The Bertz CT molecular complexity index is 1590. The van der Waals surface area contributed by atoms with Crippen molar-refractivity contribution in [1.82, 2.24) is 20.1 Å². The van der Waals surface area contributed by atoms with E-state index < -0.39 is 23.1 Å². The van der Waals surface area contributed by atoms with Crippen molar-refractivity contribution >= 4 is 11.6 Å². The van der Waals surface area contributed by atoms with E-state index >= 15 is 0 Å². The average molecular weight is 610 g/mol. The third kappa shape index (κ3) is 5.30. The van der Waals surface area contributed by atoms with E-state index in [-0.39, 0.29) is 42.0 Å². The van der Waals surface area contributed by atoms with Crippen molar-refractivity contribution in [2.45, 2.75) is 88.4 Å². The number of rotatable bonds is 10. The fraction of sp³-hybridized carbons (Fsp3) is 0.485. The van der Waals surface area contributed by atoms with Crippen LogP contribution < -0.4 is 15.0 Å². The monoisotopic (exact) mass is 609 g/mol. The molecule has 3 aromatic rings. The zero-order chi connectivity index (χ0) is 31.4. The van der Waals surface area contributed by atoms with Gasteiger partial charge in [-0.2, -0.15) is 13.2 Å². The number of nitrogens with one attached hydrogen (secondary N) is 1. The van der Waals surface area contributed by atoms with Gasteiger partial charge in [-0.25, -0.2) is 0 Å². The van der Waals surface area contributed by atoms with Crippen LogP contribution in [0.3, 0.4) is 0 Å². The first-order valence-corrected chi connectivity index (χ1v) is 15.0. The van der Waals surface area contributed by atoms with Crippen molar-refractivity contribution in [3.8, 4) is 5.75 Å². The van der Waals surface area contributed by atoms with E-state index in [0.717, 1.165) is 30.7 Å². The van der Waals surface area contributed by atoms with E-state index in [1.807, 2.05) is 30.7 Å². The zero-order valence-corrected chi connectivity index (χ0v) is 25.5. The van der Waals surface area contributed by atoms with Gasteiger partial charge in [0, 0.05) is 43.6 Å². The fourth-order valence-electron chi connectivity index (χ4n) is 6.73. The summed E-state index contributed by atoms with van der Waals surface area (Å²) in [5, 5.41) is 11.9. The largest absolute Gasteiger partial charge is 0.487 e. The molecule has 44 heavy (non-hydrogen) atoms. The summed E-state index contributed by atoms with van der Waals surface area (Å²) in [6, 6.07) is 8.27. The lowest BCUT2D eigenvalue weighted by atomic mass is 9.62. The molecule has 1 aromatic heterocycles. The number of amides is 1. The highest BCUT2D eigenvalue weighted by atomic mass is 19.4. The maximum absolute atomic E-state index is 14.4. The molecule has 234 valence electrons. The van der Waals surface area contributed by atoms with Gasteiger partial charge >= 0.3 is 6.18 Å². The Hall–Kier alpha value is -3.70. The number of alkyl halides is 3. The smallest absolute Gasteiger partial charge is 0.416 e. The molecule has 2 saturated carbocycles. The van der Waals surface area contributed by atoms with E-state index in [2.05, 4.69) is 29.0 Å². The van der Waals surface area contributed by atoms with Gasteiger partial charge in [0.15, 0.2) is 0 Å². The number of benzene rings is 2. The summed E-state index contributed by atoms with van der Waals surface area (Å²) in [6.07, 6.45) is 2.62. The number of hydrogen-bond acceptors (Lipinski definition) is 6. The molecule has 11 heteroatoms. The van der Waals surface area contributed by atoms with Crippen molar-refractivity contribution in [3.63, 3.8) is 0 Å². The summed E-state index contributed by atoms with van der Waals surface area (Å²) in [5.41, 5.74) is 0.338. The van der Waals surface area contributed by atoms with E-state index in [4.69, 9.17) is 9.47 Å². The minimum Gasteiger partial charge on any atom is -0.487 e. The summed E-state index contributed by atoms with van der Waals surface area (Å²) in [5.74, 6) is 0.738. The highest BCUT2D eigenvalue weighted by Gasteiger charge is 2.51. The van der Waals surface area contributed by atoms with Crippen LogP contribution in [0.2, 0.25) is 0 Å². The number of carbonyl (C=O) groups excluding carboxylic acids is 1. The summed E-state index contributed by atoms with van der Waals surface area (Å²) in [6.45, 7) is 7.78. The quantitative estimate of drug-likeness (QED) is 0.281. The van der Waals surface area contributed by atoms with Crippen LogP contribution in [-0.4, -0.2) is 45.5 Å². The number of ether oxygens (including phenoxy) is 2. The summed E-state index contributed by atoms with van der Waals surface area (Å²) in [4.78, 5) is 15.4. The Morgan fingerprint density at radius 1 is 1.20 bits per heavy atom. The molecule has 1 amide bonds. The van der Waals surface area contributed by atoms with Crippen LogP contribution in [0.1, 0.15) is 84.4 Å². The molecule has 1 atom stereocenters. The van der Waals surface area contributed by atoms with Crippen LogP contribution in [0, 0.1) is 0 Å². The number of halogens is 3. The van der Waals surface area contributed by atoms with Gasteiger partial charge in [-0.15, -0.1) is 10.2 Å². The first kappa shape index (κ1) is 30.3. The molecule has 1 unspecified atom stereocenters. The van der Waals surface area contributed by atoms with Gasteiger partial charge in [0.25, 0.3) is 5.91 Å². The molecule has 3 aliphatic rings. The molecular formula is C33H38F3N5O3. The lowest BCUT2D eigenvalue weighted by Crippen LogP contribution is -2.48. The highest BCUT2D eigenvalue weighted by molar-refractivity contribution is 6.10. The van der Waals surface area contributed by atoms with Gasteiger partial charge in [0.05, 0.1) is 23.6 Å². The van der Waals surface area contributed by atoms with Crippen molar-refractivity contribution < 1.29 is 27.4 Å². The SMILES string of the molecule is C=CC(C)Oc1cc(N2Cc3c(cc(CNC4(C)CCC4)cc3C(F)(F)F)C2=O)cc(C2(c3nncn3C)CC(OC)C2)c1. The maximum Gasteiger partial charge on any atom is 0.416 e. The predicted molar refractivity (Wildman–Crippen MR) is 160 cm³/mol. The van der Waals surface area contributed by atoms with Crippen LogP contribution in [0.25, 0.3) is 0 Å². The lowest BCUT2D eigenvalue weighted by Gasteiger charge is -2.46. The third-order valence-corrected chi connectivity index (χ3v) is 9.62. The molecule has 2 aromatic carbocycles. The predicted octanol–water partition coefficient (Wildman–Crippen LogP) is 6.07. The molecule has 1 N–H and O–H groups in total. The number of aryl methyl sites for hydroxylation is 1. The van der Waals surface area contributed by atoms with Gasteiger partial charge in [-0.1, -0.05) is 12.7 Å². The first-order valence-electron chi connectivity index (χ1n) is 15.0. The zero-order valence-electron chi connectivity index (χ0n) is 25.5. The van der Waals surface area contributed by atoms with E-state index in [1.165, 1.54) is 11.0 Å². The third-order valence-electron chi connectivity index (χ3n) is 9.62. The Morgan fingerprint density at radius 2 is 1.95 bits per heavy atom. The number of carbonyl (C=O) groups is 1. The maximum atomic E-state index is 14.4. The second kappa shape index (κ2) is 11.0. The minimum atomic E-state index is -4.61. The van der Waals surface area contributed by atoms with Gasteiger partial charge < -0.3 is 24.3 Å². The first-order chi connectivity index (χ1) is 20.9. The minimum absolute atomic E-state index is 0.00642. The molecule has 2 aliphatic carbocycles. The van der Waals surface area contributed by atoms with E-state index in [1.54, 1.807) is 31.6 Å². The van der Waals surface area contributed by atoms with Crippen LogP contribution in [0.4, 0.5) is 18.9 Å². The Morgan fingerprint density at radius 3 is 2.55 bits per heavy atom. The highest BCUT2D eigenvalue weighted by Crippen LogP contribution is 2.51.